The number of hydrogen-bond donors (Lipinski definition) is 2. The first-order valence-electron chi connectivity index (χ1n) is 2.26. The number of allylic oxidation sites excluding steroid dienone is 1. The summed E-state index contributed by atoms with van der Waals surface area (Å²) in [7, 11) is 0. The summed E-state index contributed by atoms with van der Waals surface area (Å²) in [6, 6.07) is 0. The van der Waals surface area contributed by atoms with Crippen LogP contribution in [-0.4, -0.2) is 10.1 Å². The van der Waals surface area contributed by atoms with Crippen LogP contribution in [0.25, 0.3) is 0 Å². The van der Waals surface area contributed by atoms with Crippen LogP contribution in [0.2, 0.25) is 0 Å². The van der Waals surface area contributed by atoms with Gasteiger partial charge in [0, 0.05) is 9.77 Å². The van der Waals surface area contributed by atoms with Crippen LogP contribution in [0.3, 0.4) is 0 Å². The van der Waals surface area contributed by atoms with E-state index in [9.17, 15) is 0 Å². The smallest absolute Gasteiger partial charge is 0.0681 e. The van der Waals surface area contributed by atoms with Crippen LogP contribution in [-0.2, 0) is 0 Å². The lowest BCUT2D eigenvalue weighted by Gasteiger charge is -2.25. The van der Waals surface area contributed by atoms with Crippen LogP contribution in [0.5, 0.6) is 0 Å². The molecule has 0 aromatic carbocycles. The maximum absolute atomic E-state index is 4.92. The fourth-order valence-electron chi connectivity index (χ4n) is 0.583. The molecule has 0 radical (unpaired) electrons. The molecule has 0 saturated carbocycles. The van der Waals surface area contributed by atoms with Gasteiger partial charge in [-0.25, -0.2) is 0 Å². The van der Waals surface area contributed by atoms with Gasteiger partial charge >= 0.3 is 0 Å². The van der Waals surface area contributed by atoms with Crippen LogP contribution in [0.15, 0.2) is 10.5 Å². The highest BCUT2D eigenvalue weighted by Gasteiger charge is 2.26. The van der Waals surface area contributed by atoms with Gasteiger partial charge in [-0.2, -0.15) is 12.6 Å². The molecule has 1 atom stereocenters. The zero-order valence-corrected chi connectivity index (χ0v) is 6.99. The topological polar surface area (TPSA) is 0 Å². The predicted molar refractivity (Wildman–Crippen MR) is 47.1 cm³/mol. The average Bonchev–Trinajstić information content (AvgIpc) is 1.83. The van der Waals surface area contributed by atoms with Crippen molar-refractivity contribution in [2.24, 2.45) is 0 Å². The lowest BCUT2D eigenvalue weighted by molar-refractivity contribution is 1.32. The molecule has 0 aromatic rings. The van der Waals surface area contributed by atoms with Crippen LogP contribution in [0, 0.1) is 0 Å². The summed E-state index contributed by atoms with van der Waals surface area (Å²) < 4.78 is 0. The third-order valence-corrected chi connectivity index (χ3v) is 3.29. The minimum absolute atomic E-state index is 0.147. The van der Waals surface area contributed by atoms with Crippen molar-refractivity contribution in [1.29, 1.82) is 0 Å². The standard InChI is InChI=1S/C5H6S3/c1-2-3(6)5(8)4(2)7/h5-6,8H,1H3. The fourth-order valence-corrected chi connectivity index (χ4v) is 1.61. The largest absolute Gasteiger partial charge is 0.165 e. The Morgan fingerprint density at radius 3 is 2.25 bits per heavy atom. The van der Waals surface area contributed by atoms with Crippen molar-refractivity contribution in [2.45, 2.75) is 12.2 Å². The van der Waals surface area contributed by atoms with Gasteiger partial charge in [0.2, 0.25) is 0 Å². The molecule has 0 amide bonds. The van der Waals surface area contributed by atoms with Crippen molar-refractivity contribution in [3.8, 4) is 0 Å². The zero-order valence-electron chi connectivity index (χ0n) is 4.38. The first-order chi connectivity index (χ1) is 3.64. The quantitative estimate of drug-likeness (QED) is 0.405. The van der Waals surface area contributed by atoms with Crippen LogP contribution < -0.4 is 0 Å². The first kappa shape index (κ1) is 6.65. The lowest BCUT2D eigenvalue weighted by Crippen LogP contribution is -2.25. The van der Waals surface area contributed by atoms with Gasteiger partial charge in [-0.1, -0.05) is 12.2 Å². The number of hydrogen-bond acceptors (Lipinski definition) is 3. The van der Waals surface area contributed by atoms with E-state index < -0.39 is 0 Å². The van der Waals surface area contributed by atoms with E-state index in [1.54, 1.807) is 0 Å². The van der Waals surface area contributed by atoms with Crippen molar-refractivity contribution < 1.29 is 0 Å². The highest BCUT2D eigenvalue weighted by molar-refractivity contribution is 7.92. The maximum Gasteiger partial charge on any atom is 0.0681 e. The SMILES string of the molecule is CC1=C(S)C(S)C1=S. The Hall–Kier alpha value is 0.530. The zero-order chi connectivity index (χ0) is 6.31. The average molecular weight is 162 g/mol. The molecule has 0 heterocycles. The van der Waals surface area contributed by atoms with Gasteiger partial charge in [-0.15, -0.1) is 12.6 Å². The molecular formula is C5H6S3. The lowest BCUT2D eigenvalue weighted by atomic mass is 9.99. The van der Waals surface area contributed by atoms with E-state index in [4.69, 9.17) is 12.2 Å². The van der Waals surface area contributed by atoms with Crippen molar-refractivity contribution in [2.75, 3.05) is 0 Å². The molecule has 1 unspecified atom stereocenters. The number of thiol groups is 2. The highest BCUT2D eigenvalue weighted by Crippen LogP contribution is 2.32. The van der Waals surface area contributed by atoms with Crippen molar-refractivity contribution in [3.05, 3.63) is 10.5 Å². The Bertz CT molecular complexity index is 169. The van der Waals surface area contributed by atoms with E-state index in [1.165, 1.54) is 0 Å². The summed E-state index contributed by atoms with van der Waals surface area (Å²) in [5.41, 5.74) is 1.13. The second-order valence-electron chi connectivity index (χ2n) is 1.78. The summed E-state index contributed by atoms with van der Waals surface area (Å²) >= 11 is 13.2. The molecule has 44 valence electrons. The van der Waals surface area contributed by atoms with Gasteiger partial charge in [0.05, 0.1) is 5.25 Å². The highest BCUT2D eigenvalue weighted by atomic mass is 32.1. The number of rotatable bonds is 0. The summed E-state index contributed by atoms with van der Waals surface area (Å²) in [4.78, 5) is 1.97. The molecule has 1 aliphatic carbocycles. The second-order valence-corrected chi connectivity index (χ2v) is 3.22. The van der Waals surface area contributed by atoms with Crippen molar-refractivity contribution >= 4 is 42.3 Å². The fraction of sp³-hybridized carbons (Fsp3) is 0.400. The van der Waals surface area contributed by atoms with E-state index in [-0.39, 0.29) is 5.25 Å². The summed E-state index contributed by atoms with van der Waals surface area (Å²) in [6.45, 7) is 1.97. The molecule has 0 aromatic heterocycles. The van der Waals surface area contributed by atoms with Gasteiger partial charge in [-0.05, 0) is 12.5 Å². The van der Waals surface area contributed by atoms with Crippen molar-refractivity contribution in [3.63, 3.8) is 0 Å². The molecule has 0 aliphatic heterocycles. The monoisotopic (exact) mass is 162 g/mol. The maximum atomic E-state index is 4.92. The van der Waals surface area contributed by atoms with E-state index >= 15 is 0 Å². The van der Waals surface area contributed by atoms with Gasteiger partial charge in [-0.3, -0.25) is 0 Å². The normalized spacial score (nSPS) is 28.4. The Balaban J connectivity index is 2.90. The molecular weight excluding hydrogens is 156 g/mol. The molecule has 0 spiro atoms. The van der Waals surface area contributed by atoms with E-state index in [1.807, 2.05) is 6.92 Å². The Kier molecular flexibility index (Phi) is 1.70. The minimum Gasteiger partial charge on any atom is -0.165 e. The van der Waals surface area contributed by atoms with Gasteiger partial charge < -0.3 is 0 Å². The van der Waals surface area contributed by atoms with E-state index in [2.05, 4.69) is 25.3 Å². The van der Waals surface area contributed by atoms with Gasteiger partial charge in [0.15, 0.2) is 0 Å². The van der Waals surface area contributed by atoms with E-state index in [0.717, 1.165) is 15.3 Å². The Labute approximate surface area is 65.2 Å². The Morgan fingerprint density at radius 1 is 1.62 bits per heavy atom. The second kappa shape index (κ2) is 2.05. The summed E-state index contributed by atoms with van der Waals surface area (Å²) in [5, 5.41) is 0.147. The third-order valence-electron chi connectivity index (χ3n) is 1.26. The van der Waals surface area contributed by atoms with Crippen LogP contribution in [0.4, 0.5) is 0 Å². The molecule has 0 bridgehead atoms. The van der Waals surface area contributed by atoms with Crippen LogP contribution >= 0.6 is 37.5 Å². The van der Waals surface area contributed by atoms with Gasteiger partial charge in [0.1, 0.15) is 0 Å². The minimum atomic E-state index is 0.147. The third kappa shape index (κ3) is 0.731. The van der Waals surface area contributed by atoms with E-state index in [0.29, 0.717) is 0 Å². The Morgan fingerprint density at radius 2 is 2.12 bits per heavy atom. The first-order valence-corrected chi connectivity index (χ1v) is 3.64. The van der Waals surface area contributed by atoms with Gasteiger partial charge in [0.25, 0.3) is 0 Å². The molecule has 1 rings (SSSR count). The van der Waals surface area contributed by atoms with Crippen LogP contribution in [0.1, 0.15) is 6.92 Å². The molecule has 1 aliphatic rings. The van der Waals surface area contributed by atoms with Crippen molar-refractivity contribution in [1.82, 2.24) is 0 Å². The summed E-state index contributed by atoms with van der Waals surface area (Å²) in [6.07, 6.45) is 0. The summed E-state index contributed by atoms with van der Waals surface area (Å²) in [5.74, 6) is 0. The molecule has 3 heteroatoms. The number of thiocarbonyl (C=S) groups is 1. The molecule has 0 fully saturated rings. The molecule has 0 nitrogen and oxygen atoms in total. The molecule has 0 saturated heterocycles. The predicted octanol–water partition coefficient (Wildman–Crippen LogP) is 1.87. The molecule has 0 N–H and O–H groups in total. The molecule has 8 heavy (non-hydrogen) atoms.